The van der Waals surface area contributed by atoms with Crippen LogP contribution in [0.25, 0.3) is 33.7 Å². The van der Waals surface area contributed by atoms with Gasteiger partial charge in [-0.1, -0.05) is 55.5 Å². The molecule has 0 saturated heterocycles. The van der Waals surface area contributed by atoms with Gasteiger partial charge in [0.05, 0.1) is 0 Å². The highest BCUT2D eigenvalue weighted by molar-refractivity contribution is 6.00. The van der Waals surface area contributed by atoms with Gasteiger partial charge < -0.3 is 0 Å². The van der Waals surface area contributed by atoms with Gasteiger partial charge in [0.1, 0.15) is 0 Å². The van der Waals surface area contributed by atoms with Crippen LogP contribution in [0, 0.1) is 5.92 Å². The standard InChI is InChI=1S/C20H16/c1-14-6-8-17-12-19-10-15-4-2-3-5-16(15)11-20(19)13-18(17)9-7-14/h2-14H,1H3. The lowest BCUT2D eigenvalue weighted by molar-refractivity contribution is 0.954. The van der Waals surface area contributed by atoms with Crippen LogP contribution in [-0.2, 0) is 0 Å². The van der Waals surface area contributed by atoms with E-state index in [1.54, 1.807) is 0 Å². The summed E-state index contributed by atoms with van der Waals surface area (Å²) in [6.45, 7) is 2.22. The largest absolute Gasteiger partial charge is 0.0773 e. The van der Waals surface area contributed by atoms with Crippen molar-refractivity contribution in [1.82, 2.24) is 0 Å². The van der Waals surface area contributed by atoms with Gasteiger partial charge in [0.2, 0.25) is 0 Å². The van der Waals surface area contributed by atoms with Crippen LogP contribution in [0.4, 0.5) is 0 Å². The number of hydrogen-bond donors (Lipinski definition) is 0. The van der Waals surface area contributed by atoms with E-state index in [9.17, 15) is 0 Å². The normalized spacial score (nSPS) is 14.7. The minimum atomic E-state index is 0.504. The van der Waals surface area contributed by atoms with Gasteiger partial charge in [0.25, 0.3) is 0 Å². The fourth-order valence-corrected chi connectivity index (χ4v) is 2.89. The summed E-state index contributed by atoms with van der Waals surface area (Å²) < 4.78 is 0. The van der Waals surface area contributed by atoms with Crippen molar-refractivity contribution in [3.8, 4) is 0 Å². The molecular weight excluding hydrogens is 240 g/mol. The van der Waals surface area contributed by atoms with Crippen molar-refractivity contribution < 1.29 is 0 Å². The van der Waals surface area contributed by atoms with E-state index in [0.717, 1.165) is 0 Å². The van der Waals surface area contributed by atoms with Crippen molar-refractivity contribution in [3.05, 3.63) is 71.8 Å². The smallest absolute Gasteiger partial charge is 0.00752 e. The molecule has 0 unspecified atom stereocenters. The summed E-state index contributed by atoms with van der Waals surface area (Å²) in [6.07, 6.45) is 9.01. The Bertz CT molecular complexity index is 794. The molecule has 0 saturated carbocycles. The molecule has 0 aromatic heterocycles. The van der Waals surface area contributed by atoms with Gasteiger partial charge in [-0.05, 0) is 62.9 Å². The summed E-state index contributed by atoms with van der Waals surface area (Å²) in [6, 6.07) is 17.7. The maximum atomic E-state index is 2.30. The summed E-state index contributed by atoms with van der Waals surface area (Å²) in [4.78, 5) is 0. The summed E-state index contributed by atoms with van der Waals surface area (Å²) in [5, 5.41) is 5.24. The molecule has 1 aliphatic rings. The molecule has 0 heteroatoms. The third kappa shape index (κ3) is 1.85. The van der Waals surface area contributed by atoms with Gasteiger partial charge >= 0.3 is 0 Å². The van der Waals surface area contributed by atoms with E-state index in [4.69, 9.17) is 0 Å². The molecule has 0 amide bonds. The predicted molar refractivity (Wildman–Crippen MR) is 88.7 cm³/mol. The quantitative estimate of drug-likeness (QED) is 0.455. The lowest BCUT2D eigenvalue weighted by Gasteiger charge is -2.07. The average Bonchev–Trinajstić information content (AvgIpc) is 2.65. The van der Waals surface area contributed by atoms with Crippen LogP contribution in [0.2, 0.25) is 0 Å². The minimum Gasteiger partial charge on any atom is -0.0773 e. The zero-order valence-electron chi connectivity index (χ0n) is 11.5. The molecule has 0 N–H and O–H groups in total. The first-order valence-corrected chi connectivity index (χ1v) is 7.12. The van der Waals surface area contributed by atoms with Crippen LogP contribution in [0.1, 0.15) is 18.1 Å². The van der Waals surface area contributed by atoms with Crippen LogP contribution in [0.15, 0.2) is 60.7 Å². The molecule has 4 rings (SSSR count). The van der Waals surface area contributed by atoms with Crippen LogP contribution in [0.3, 0.4) is 0 Å². The summed E-state index contributed by atoms with van der Waals surface area (Å²) in [5.41, 5.74) is 2.63. The molecule has 0 atom stereocenters. The molecule has 0 bridgehead atoms. The fraction of sp³-hybridized carbons (Fsp3) is 0.100. The van der Waals surface area contributed by atoms with Crippen molar-refractivity contribution in [2.75, 3.05) is 0 Å². The van der Waals surface area contributed by atoms with Crippen LogP contribution < -0.4 is 0 Å². The Kier molecular flexibility index (Phi) is 2.50. The molecule has 20 heavy (non-hydrogen) atoms. The zero-order valence-corrected chi connectivity index (χ0v) is 11.5. The molecule has 0 nitrogen and oxygen atoms in total. The monoisotopic (exact) mass is 256 g/mol. The Morgan fingerprint density at radius 1 is 0.650 bits per heavy atom. The maximum Gasteiger partial charge on any atom is -0.00752 e. The molecule has 0 fully saturated rings. The van der Waals surface area contributed by atoms with Gasteiger partial charge in [-0.3, -0.25) is 0 Å². The summed E-state index contributed by atoms with van der Waals surface area (Å²) in [5.74, 6) is 0.504. The van der Waals surface area contributed by atoms with E-state index >= 15 is 0 Å². The third-order valence-corrected chi connectivity index (χ3v) is 4.07. The molecule has 3 aromatic carbocycles. The summed E-state index contributed by atoms with van der Waals surface area (Å²) >= 11 is 0. The third-order valence-electron chi connectivity index (χ3n) is 4.07. The highest BCUT2D eigenvalue weighted by Crippen LogP contribution is 2.28. The Balaban J connectivity index is 2.04. The fourth-order valence-electron chi connectivity index (χ4n) is 2.89. The second-order valence-corrected chi connectivity index (χ2v) is 5.60. The van der Waals surface area contributed by atoms with Crippen molar-refractivity contribution in [1.29, 1.82) is 0 Å². The van der Waals surface area contributed by atoms with Crippen molar-refractivity contribution in [2.24, 2.45) is 5.92 Å². The molecule has 0 spiro atoms. The van der Waals surface area contributed by atoms with E-state index in [-0.39, 0.29) is 0 Å². The molecule has 0 aliphatic heterocycles. The minimum absolute atomic E-state index is 0.504. The second kappa shape index (κ2) is 4.35. The van der Waals surface area contributed by atoms with Gasteiger partial charge in [0, 0.05) is 0 Å². The van der Waals surface area contributed by atoms with Gasteiger partial charge in [0.15, 0.2) is 0 Å². The van der Waals surface area contributed by atoms with Crippen molar-refractivity contribution in [3.63, 3.8) is 0 Å². The van der Waals surface area contributed by atoms with E-state index in [2.05, 4.69) is 79.8 Å². The second-order valence-electron chi connectivity index (χ2n) is 5.60. The lowest BCUT2D eigenvalue weighted by atomic mass is 9.98. The molecule has 3 aromatic rings. The number of allylic oxidation sites excluding steroid dienone is 2. The topological polar surface area (TPSA) is 0 Å². The van der Waals surface area contributed by atoms with E-state index < -0.39 is 0 Å². The molecule has 1 aliphatic carbocycles. The molecular formula is C20H16. The first-order valence-electron chi connectivity index (χ1n) is 7.12. The predicted octanol–water partition coefficient (Wildman–Crippen LogP) is 5.67. The van der Waals surface area contributed by atoms with Gasteiger partial charge in [-0.2, -0.15) is 0 Å². The number of benzene rings is 3. The van der Waals surface area contributed by atoms with Gasteiger partial charge in [-0.25, -0.2) is 0 Å². The highest BCUT2D eigenvalue weighted by atomic mass is 14.1. The molecule has 0 radical (unpaired) electrons. The maximum absolute atomic E-state index is 2.30. The number of hydrogen-bond acceptors (Lipinski definition) is 0. The van der Waals surface area contributed by atoms with Crippen LogP contribution in [-0.4, -0.2) is 0 Å². The zero-order chi connectivity index (χ0) is 13.5. The Morgan fingerprint density at radius 2 is 1.15 bits per heavy atom. The van der Waals surface area contributed by atoms with E-state index in [1.165, 1.54) is 32.7 Å². The Labute approximate surface area is 119 Å². The Hall–Kier alpha value is -2.34. The van der Waals surface area contributed by atoms with Crippen LogP contribution >= 0.6 is 0 Å². The molecule has 96 valence electrons. The SMILES string of the molecule is CC1C=Cc2cc3cc4ccccc4cc3cc2C=C1. The first kappa shape index (κ1) is 11.5. The van der Waals surface area contributed by atoms with Crippen molar-refractivity contribution in [2.45, 2.75) is 6.92 Å². The Morgan fingerprint density at radius 3 is 1.65 bits per heavy atom. The van der Waals surface area contributed by atoms with E-state index in [1.807, 2.05) is 0 Å². The number of fused-ring (bicyclic) bond motifs is 3. The van der Waals surface area contributed by atoms with Crippen molar-refractivity contribution >= 4 is 33.7 Å². The summed E-state index contributed by atoms with van der Waals surface area (Å²) in [7, 11) is 0. The number of rotatable bonds is 0. The van der Waals surface area contributed by atoms with E-state index in [0.29, 0.717) is 5.92 Å². The van der Waals surface area contributed by atoms with Crippen LogP contribution in [0.5, 0.6) is 0 Å². The molecule has 0 heterocycles. The highest BCUT2D eigenvalue weighted by Gasteiger charge is 2.05. The average molecular weight is 256 g/mol. The lowest BCUT2D eigenvalue weighted by Crippen LogP contribution is -1.83. The van der Waals surface area contributed by atoms with Gasteiger partial charge in [-0.15, -0.1) is 0 Å². The first-order chi connectivity index (χ1) is 9.79.